The van der Waals surface area contributed by atoms with Crippen molar-refractivity contribution in [3.05, 3.63) is 24.8 Å². The average Bonchev–Trinajstić information content (AvgIpc) is 2.04. The molecule has 0 aliphatic rings. The molecule has 0 bridgehead atoms. The predicted octanol–water partition coefficient (Wildman–Crippen LogP) is 2.51. The van der Waals surface area contributed by atoms with E-state index >= 15 is 0 Å². The molecule has 11 heavy (non-hydrogen) atoms. The minimum atomic E-state index is 0.593. The SMILES string of the molecule is C=CCC/C=C/C[C@H](C)NC. The molecule has 0 unspecified atom stereocenters. The maximum absolute atomic E-state index is 3.66. The van der Waals surface area contributed by atoms with E-state index in [0.717, 1.165) is 19.3 Å². The van der Waals surface area contributed by atoms with Gasteiger partial charge >= 0.3 is 0 Å². The maximum atomic E-state index is 3.66. The normalized spacial score (nSPS) is 13.6. The summed E-state index contributed by atoms with van der Waals surface area (Å²) >= 11 is 0. The first kappa shape index (κ1) is 10.4. The van der Waals surface area contributed by atoms with Gasteiger partial charge in [0.15, 0.2) is 0 Å². The minimum absolute atomic E-state index is 0.593. The Hall–Kier alpha value is -0.560. The monoisotopic (exact) mass is 153 g/mol. The summed E-state index contributed by atoms with van der Waals surface area (Å²) in [6.07, 6.45) is 9.73. The van der Waals surface area contributed by atoms with Crippen molar-refractivity contribution in [2.24, 2.45) is 0 Å². The van der Waals surface area contributed by atoms with Crippen molar-refractivity contribution >= 4 is 0 Å². The number of hydrogen-bond acceptors (Lipinski definition) is 1. The van der Waals surface area contributed by atoms with Gasteiger partial charge in [-0.2, -0.15) is 0 Å². The molecule has 1 N–H and O–H groups in total. The van der Waals surface area contributed by atoms with Crippen molar-refractivity contribution in [1.82, 2.24) is 5.32 Å². The second-order valence-corrected chi connectivity index (χ2v) is 2.76. The first-order valence-corrected chi connectivity index (χ1v) is 4.24. The molecular formula is C10H19N. The average molecular weight is 153 g/mol. The molecule has 0 aromatic heterocycles. The van der Waals surface area contributed by atoms with Crippen LogP contribution in [0, 0.1) is 0 Å². The van der Waals surface area contributed by atoms with E-state index in [2.05, 4.69) is 31.0 Å². The number of hydrogen-bond donors (Lipinski definition) is 1. The number of nitrogens with one attached hydrogen (secondary N) is 1. The second-order valence-electron chi connectivity index (χ2n) is 2.76. The Morgan fingerprint density at radius 3 is 2.64 bits per heavy atom. The lowest BCUT2D eigenvalue weighted by molar-refractivity contribution is 0.619. The Bertz CT molecular complexity index is 116. The summed E-state index contributed by atoms with van der Waals surface area (Å²) in [5.74, 6) is 0. The highest BCUT2D eigenvalue weighted by Gasteiger charge is 1.90. The molecule has 1 atom stereocenters. The lowest BCUT2D eigenvalue weighted by atomic mass is 10.2. The minimum Gasteiger partial charge on any atom is -0.317 e. The van der Waals surface area contributed by atoms with E-state index < -0.39 is 0 Å². The van der Waals surface area contributed by atoms with Crippen molar-refractivity contribution in [3.63, 3.8) is 0 Å². The summed E-state index contributed by atoms with van der Waals surface area (Å²) in [7, 11) is 1.99. The number of rotatable bonds is 6. The van der Waals surface area contributed by atoms with Gasteiger partial charge in [-0.1, -0.05) is 18.2 Å². The summed E-state index contributed by atoms with van der Waals surface area (Å²) in [4.78, 5) is 0. The summed E-state index contributed by atoms with van der Waals surface area (Å²) < 4.78 is 0. The highest BCUT2D eigenvalue weighted by atomic mass is 14.8. The van der Waals surface area contributed by atoms with Gasteiger partial charge < -0.3 is 5.32 Å². The largest absolute Gasteiger partial charge is 0.317 e. The van der Waals surface area contributed by atoms with Crippen LogP contribution in [0.4, 0.5) is 0 Å². The molecule has 0 aromatic rings. The molecule has 0 fully saturated rings. The van der Waals surface area contributed by atoms with Gasteiger partial charge in [-0.3, -0.25) is 0 Å². The molecule has 1 heteroatoms. The Kier molecular flexibility index (Phi) is 7.16. The van der Waals surface area contributed by atoms with Crippen LogP contribution >= 0.6 is 0 Å². The van der Waals surface area contributed by atoms with Gasteiger partial charge in [0, 0.05) is 6.04 Å². The smallest absolute Gasteiger partial charge is 0.00702 e. The Morgan fingerprint density at radius 2 is 2.09 bits per heavy atom. The fourth-order valence-corrected chi connectivity index (χ4v) is 0.750. The van der Waals surface area contributed by atoms with Gasteiger partial charge in [-0.25, -0.2) is 0 Å². The van der Waals surface area contributed by atoms with Gasteiger partial charge in [0.25, 0.3) is 0 Å². The number of unbranched alkanes of at least 4 members (excludes halogenated alkanes) is 1. The summed E-state index contributed by atoms with van der Waals surface area (Å²) in [6, 6.07) is 0.593. The predicted molar refractivity (Wildman–Crippen MR) is 51.7 cm³/mol. The molecule has 0 aliphatic carbocycles. The first-order valence-electron chi connectivity index (χ1n) is 4.24. The zero-order valence-corrected chi connectivity index (χ0v) is 7.64. The zero-order valence-electron chi connectivity index (χ0n) is 7.64. The van der Waals surface area contributed by atoms with Crippen molar-refractivity contribution < 1.29 is 0 Å². The van der Waals surface area contributed by atoms with Crippen molar-refractivity contribution in [2.45, 2.75) is 32.2 Å². The Morgan fingerprint density at radius 1 is 1.36 bits per heavy atom. The van der Waals surface area contributed by atoms with Crippen LogP contribution in [0.1, 0.15) is 26.2 Å². The molecule has 0 aliphatic heterocycles. The van der Waals surface area contributed by atoms with Crippen LogP contribution in [0.2, 0.25) is 0 Å². The van der Waals surface area contributed by atoms with E-state index in [1.807, 2.05) is 13.1 Å². The quantitative estimate of drug-likeness (QED) is 0.456. The summed E-state index contributed by atoms with van der Waals surface area (Å²) in [5, 5.41) is 3.18. The molecule has 0 heterocycles. The standard InChI is InChI=1S/C10H19N/c1-4-5-6-7-8-9-10(2)11-3/h4,7-8,10-11H,1,5-6,9H2,2-3H3/b8-7+/t10-/m0/s1. The third kappa shape index (κ3) is 7.34. The third-order valence-electron chi connectivity index (χ3n) is 1.69. The van der Waals surface area contributed by atoms with Crippen LogP contribution in [0.5, 0.6) is 0 Å². The highest BCUT2D eigenvalue weighted by Crippen LogP contribution is 1.95. The van der Waals surface area contributed by atoms with Gasteiger partial charge in [0.05, 0.1) is 0 Å². The highest BCUT2D eigenvalue weighted by molar-refractivity contribution is 4.86. The van der Waals surface area contributed by atoms with E-state index in [1.54, 1.807) is 0 Å². The van der Waals surface area contributed by atoms with Crippen LogP contribution in [-0.4, -0.2) is 13.1 Å². The molecular weight excluding hydrogens is 134 g/mol. The summed E-state index contributed by atoms with van der Waals surface area (Å²) in [6.45, 7) is 5.84. The Balaban J connectivity index is 3.21. The lowest BCUT2D eigenvalue weighted by Crippen LogP contribution is -2.19. The maximum Gasteiger partial charge on any atom is 0.00702 e. The van der Waals surface area contributed by atoms with Gasteiger partial charge in [-0.05, 0) is 33.2 Å². The fraction of sp³-hybridized carbons (Fsp3) is 0.600. The number of allylic oxidation sites excluding steroid dienone is 2. The van der Waals surface area contributed by atoms with Crippen LogP contribution in [0.3, 0.4) is 0 Å². The summed E-state index contributed by atoms with van der Waals surface area (Å²) in [5.41, 5.74) is 0. The Labute approximate surface area is 70.2 Å². The van der Waals surface area contributed by atoms with Gasteiger partial charge in [0.2, 0.25) is 0 Å². The van der Waals surface area contributed by atoms with E-state index in [9.17, 15) is 0 Å². The molecule has 0 saturated heterocycles. The zero-order chi connectivity index (χ0) is 8.53. The van der Waals surface area contributed by atoms with E-state index in [1.165, 1.54) is 0 Å². The molecule has 0 spiro atoms. The fourth-order valence-electron chi connectivity index (χ4n) is 0.750. The van der Waals surface area contributed by atoms with Crippen LogP contribution in [0.25, 0.3) is 0 Å². The van der Waals surface area contributed by atoms with Crippen LogP contribution in [0.15, 0.2) is 24.8 Å². The van der Waals surface area contributed by atoms with E-state index in [-0.39, 0.29) is 0 Å². The van der Waals surface area contributed by atoms with Crippen molar-refractivity contribution in [2.75, 3.05) is 7.05 Å². The van der Waals surface area contributed by atoms with Crippen LogP contribution in [-0.2, 0) is 0 Å². The van der Waals surface area contributed by atoms with Crippen LogP contribution < -0.4 is 5.32 Å². The lowest BCUT2D eigenvalue weighted by Gasteiger charge is -2.04. The van der Waals surface area contributed by atoms with Crippen molar-refractivity contribution in [3.8, 4) is 0 Å². The van der Waals surface area contributed by atoms with Crippen molar-refractivity contribution in [1.29, 1.82) is 0 Å². The molecule has 0 rings (SSSR count). The second kappa shape index (κ2) is 7.55. The third-order valence-corrected chi connectivity index (χ3v) is 1.69. The van der Waals surface area contributed by atoms with Gasteiger partial charge in [0.1, 0.15) is 0 Å². The molecule has 64 valence electrons. The van der Waals surface area contributed by atoms with E-state index in [0.29, 0.717) is 6.04 Å². The molecule has 0 saturated carbocycles. The molecule has 0 aromatic carbocycles. The van der Waals surface area contributed by atoms with Gasteiger partial charge in [-0.15, -0.1) is 6.58 Å². The molecule has 0 amide bonds. The molecule has 0 radical (unpaired) electrons. The molecule has 1 nitrogen and oxygen atoms in total. The topological polar surface area (TPSA) is 12.0 Å². The van der Waals surface area contributed by atoms with E-state index in [4.69, 9.17) is 0 Å². The first-order chi connectivity index (χ1) is 5.31.